The first-order chi connectivity index (χ1) is 28.8. The molecule has 16 heteroatoms. The fourth-order valence-corrected chi connectivity index (χ4v) is 8.18. The predicted molar refractivity (Wildman–Crippen MR) is 242 cm³/mol. The van der Waals surface area contributed by atoms with Gasteiger partial charge in [-0.15, -0.1) is 35.4 Å². The number of aliphatic hydroxyl groups is 2. The number of thioether (sulfide) groups is 2. The van der Waals surface area contributed by atoms with E-state index in [1.54, 1.807) is 0 Å². The average Bonchev–Trinajstić information content (AvgIpc) is 3.20. The standard InChI is InChI=1S/2C23H41NO5S.2K/c2*1-2-3-4-5-6-7-8-9-10-11-12-13-16-21(30-18-19(24)23(28)29)20(25)15-14-17-22(26)27;;/h2*19-21,25H,2-12,14-15,17-18,24H2,1H3,(H,26,27)(H,28,29);;/q;;2*+1/p-2/t2*19-,20+,21-;;/m00../s1. The quantitative estimate of drug-likeness (QED) is 0.0275. The van der Waals surface area contributed by atoms with Crippen molar-refractivity contribution in [2.45, 2.75) is 228 Å². The van der Waals surface area contributed by atoms with Crippen molar-refractivity contribution >= 4 is 47.4 Å². The molecule has 0 aliphatic rings. The molecule has 0 saturated heterocycles. The summed E-state index contributed by atoms with van der Waals surface area (Å²) in [6.45, 7) is 4.46. The van der Waals surface area contributed by atoms with Gasteiger partial charge < -0.3 is 51.7 Å². The van der Waals surface area contributed by atoms with Crippen molar-refractivity contribution in [2.24, 2.45) is 11.5 Å². The van der Waals surface area contributed by atoms with Crippen molar-refractivity contribution in [3.8, 4) is 23.7 Å². The molecule has 0 heterocycles. The number of carboxylic acids is 4. The van der Waals surface area contributed by atoms with Gasteiger partial charge in [-0.2, -0.15) is 0 Å². The van der Waals surface area contributed by atoms with Crippen LogP contribution in [0.3, 0.4) is 0 Å². The smallest absolute Gasteiger partial charge is 0.550 e. The minimum Gasteiger partial charge on any atom is -0.550 e. The maximum absolute atomic E-state index is 10.9. The topological polar surface area (TPSA) is 247 Å². The van der Waals surface area contributed by atoms with E-state index in [1.165, 1.54) is 126 Å². The Morgan fingerprint density at radius 1 is 0.500 bits per heavy atom. The number of nitrogens with two attached hydrogens (primary N) is 2. The normalized spacial score (nSPS) is 13.4. The maximum Gasteiger partial charge on any atom is 1.00 e. The molecule has 0 fully saturated rings. The van der Waals surface area contributed by atoms with Gasteiger partial charge in [0.2, 0.25) is 0 Å². The van der Waals surface area contributed by atoms with Crippen LogP contribution in [0.4, 0.5) is 0 Å². The second-order valence-electron chi connectivity index (χ2n) is 15.6. The molecule has 0 aliphatic carbocycles. The van der Waals surface area contributed by atoms with Gasteiger partial charge in [0, 0.05) is 36.3 Å². The number of unbranched alkanes of at least 4 members (excludes halogenated alkanes) is 20. The van der Waals surface area contributed by atoms with Crippen molar-refractivity contribution in [3.05, 3.63) is 0 Å². The maximum atomic E-state index is 10.9. The summed E-state index contributed by atoms with van der Waals surface area (Å²) in [6.07, 6.45) is 25.9. The van der Waals surface area contributed by atoms with Gasteiger partial charge in [0.1, 0.15) is 12.1 Å². The van der Waals surface area contributed by atoms with E-state index in [0.717, 1.165) is 38.5 Å². The van der Waals surface area contributed by atoms with Crippen LogP contribution in [-0.4, -0.2) is 90.6 Å². The first-order valence-corrected chi connectivity index (χ1v) is 24.8. The van der Waals surface area contributed by atoms with Crippen LogP contribution in [0.15, 0.2) is 0 Å². The molecule has 0 aromatic carbocycles. The van der Waals surface area contributed by atoms with Gasteiger partial charge in [0.15, 0.2) is 0 Å². The van der Waals surface area contributed by atoms with Crippen molar-refractivity contribution in [1.82, 2.24) is 0 Å². The zero-order valence-corrected chi connectivity index (χ0v) is 46.8. The van der Waals surface area contributed by atoms with Gasteiger partial charge in [0.05, 0.1) is 22.7 Å². The zero-order valence-electron chi connectivity index (χ0n) is 38.9. The minimum atomic E-state index is -1.15. The van der Waals surface area contributed by atoms with E-state index in [1.807, 2.05) is 0 Å². The molecular formula is C46H80K2N2O10S2. The van der Waals surface area contributed by atoms with Crippen molar-refractivity contribution in [1.29, 1.82) is 0 Å². The Morgan fingerprint density at radius 3 is 1.03 bits per heavy atom. The van der Waals surface area contributed by atoms with E-state index in [2.05, 4.69) is 37.5 Å². The molecule has 0 saturated carbocycles. The Kier molecular flexibility index (Phi) is 57.3. The van der Waals surface area contributed by atoms with E-state index in [9.17, 15) is 39.6 Å². The first kappa shape index (κ1) is 69.4. The third-order valence-corrected chi connectivity index (χ3v) is 12.5. The summed E-state index contributed by atoms with van der Waals surface area (Å²) in [7, 11) is 0. The van der Waals surface area contributed by atoms with E-state index in [4.69, 9.17) is 21.7 Å². The molecule has 62 heavy (non-hydrogen) atoms. The van der Waals surface area contributed by atoms with Crippen LogP contribution in [0.1, 0.15) is 194 Å². The van der Waals surface area contributed by atoms with Crippen LogP contribution >= 0.6 is 23.5 Å². The van der Waals surface area contributed by atoms with Crippen LogP contribution in [0, 0.1) is 23.7 Å². The SMILES string of the molecule is CCCCCCCCCCCCC#C[C@H](SC[C@H](N)C(=O)O)[C@H](O)CCCC(=O)[O-].CCCCCCCCCCCCC#C[C@H](SC[C@H](N)C(=O)O)[C@H](O)CCCC(=O)[O-].[K+].[K+]. The van der Waals surface area contributed by atoms with E-state index < -0.39 is 58.7 Å². The van der Waals surface area contributed by atoms with Gasteiger partial charge in [-0.3, -0.25) is 9.59 Å². The molecule has 6 atom stereocenters. The van der Waals surface area contributed by atoms with Gasteiger partial charge in [0.25, 0.3) is 0 Å². The fourth-order valence-electron chi connectivity index (χ4n) is 6.02. The molecule has 0 radical (unpaired) electrons. The Balaban J connectivity index is -0.000000526. The first-order valence-electron chi connectivity index (χ1n) is 22.7. The Morgan fingerprint density at radius 2 is 0.774 bits per heavy atom. The summed E-state index contributed by atoms with van der Waals surface area (Å²) in [5.74, 6) is 8.07. The second kappa shape index (κ2) is 51.2. The number of carbonyl (C=O) groups excluding carboxylic acids is 2. The van der Waals surface area contributed by atoms with Crippen LogP contribution in [0.5, 0.6) is 0 Å². The monoisotopic (exact) mass is 962 g/mol. The molecule has 0 unspecified atom stereocenters. The van der Waals surface area contributed by atoms with Gasteiger partial charge in [-0.05, 0) is 51.4 Å². The molecule has 0 bridgehead atoms. The van der Waals surface area contributed by atoms with Crippen LogP contribution in [0.25, 0.3) is 0 Å². The zero-order chi connectivity index (χ0) is 45.2. The molecule has 0 aliphatic heterocycles. The summed E-state index contributed by atoms with van der Waals surface area (Å²) >= 11 is 2.43. The summed E-state index contributed by atoms with van der Waals surface area (Å²) in [5.41, 5.74) is 11.1. The number of rotatable bonds is 38. The predicted octanol–water partition coefficient (Wildman–Crippen LogP) is 0.199. The van der Waals surface area contributed by atoms with E-state index in [0.29, 0.717) is 12.8 Å². The number of aliphatic hydroxyl groups excluding tert-OH is 2. The van der Waals surface area contributed by atoms with Crippen molar-refractivity contribution in [2.75, 3.05) is 11.5 Å². The fraction of sp³-hybridized carbons (Fsp3) is 0.826. The molecule has 12 nitrogen and oxygen atoms in total. The Bertz CT molecular complexity index is 1140. The van der Waals surface area contributed by atoms with E-state index in [-0.39, 0.29) is 140 Å². The number of carbonyl (C=O) groups is 4. The largest absolute Gasteiger partial charge is 1.00 e. The number of hydrogen-bond acceptors (Lipinski definition) is 12. The Labute approximate surface area is 468 Å². The van der Waals surface area contributed by atoms with Crippen molar-refractivity contribution in [3.63, 3.8) is 0 Å². The molecule has 0 rings (SSSR count). The van der Waals surface area contributed by atoms with Crippen LogP contribution in [0.2, 0.25) is 0 Å². The number of carboxylic acid groups (broad SMARTS) is 4. The molecule has 0 aromatic heterocycles. The van der Waals surface area contributed by atoms with Gasteiger partial charge >= 0.3 is 115 Å². The van der Waals surface area contributed by atoms with Crippen LogP contribution < -0.4 is 124 Å². The van der Waals surface area contributed by atoms with Crippen molar-refractivity contribution < 1.29 is 153 Å². The molecule has 8 N–H and O–H groups in total. The summed E-state index contributed by atoms with van der Waals surface area (Å²) in [5, 5.41) is 58.6. The minimum absolute atomic E-state index is 0. The average molecular weight is 963 g/mol. The van der Waals surface area contributed by atoms with Crippen LogP contribution in [-0.2, 0) is 19.2 Å². The Hall–Kier alpha value is 0.813. The number of aliphatic carboxylic acids is 4. The summed E-state index contributed by atoms with van der Waals surface area (Å²) < 4.78 is 0. The van der Waals surface area contributed by atoms with Gasteiger partial charge in [-0.1, -0.05) is 141 Å². The molecule has 348 valence electrons. The molecule has 0 amide bonds. The molecule has 0 spiro atoms. The number of hydrogen-bond donors (Lipinski definition) is 6. The molecule has 0 aromatic rings. The second-order valence-corrected chi connectivity index (χ2v) is 17.9. The van der Waals surface area contributed by atoms with E-state index >= 15 is 0 Å². The molecular weight excluding hydrogens is 883 g/mol. The third kappa shape index (κ3) is 48.7. The third-order valence-electron chi connectivity index (χ3n) is 9.80. The summed E-state index contributed by atoms with van der Waals surface area (Å²) in [6, 6.07) is -2.03. The van der Waals surface area contributed by atoms with Gasteiger partial charge in [-0.25, -0.2) is 0 Å². The summed E-state index contributed by atoms with van der Waals surface area (Å²) in [4.78, 5) is 42.8.